The molecule has 29 aromatic carbocycles. The molecule has 0 fully saturated rings. The van der Waals surface area contributed by atoms with Crippen molar-refractivity contribution in [1.82, 2.24) is 0 Å². The summed E-state index contributed by atoms with van der Waals surface area (Å²) in [6.07, 6.45) is 0. The Morgan fingerprint density at radius 3 is 0.711 bits per heavy atom. The Labute approximate surface area is 981 Å². The molecule has 0 aliphatic heterocycles. The average Bonchev–Trinajstić information content (AvgIpc) is 1.65. The summed E-state index contributed by atoms with van der Waals surface area (Å²) < 4.78 is 814. The maximum atomic E-state index is 9.93. The highest BCUT2D eigenvalue weighted by Gasteiger charge is 2.26. The molecule has 0 N–H and O–H groups in total. The molecular weight excluding hydrogens is 1800 g/mol. The molecule has 0 aliphatic carbocycles. The largest absolute Gasteiger partial charge is 0.456 e. The Hall–Kier alpha value is -19.6. The van der Waals surface area contributed by atoms with Crippen LogP contribution in [0, 0.1) is 0 Å². The zero-order chi connectivity index (χ0) is 174. The van der Waals surface area contributed by atoms with E-state index in [2.05, 4.69) is 0 Å². The van der Waals surface area contributed by atoms with Crippen LogP contribution in [0.3, 0.4) is 0 Å². The van der Waals surface area contributed by atoms with Crippen LogP contribution in [0.25, 0.3) is 317 Å². The fraction of sp³-hybridized carbons (Fsp3) is 0. The van der Waals surface area contributed by atoms with Crippen molar-refractivity contribution >= 4 is 217 Å². The Morgan fingerprint density at radius 1 is 0.107 bits per heavy atom. The Balaban J connectivity index is 0.000000145. The molecule has 0 saturated heterocycles. The van der Waals surface area contributed by atoms with Gasteiger partial charge in [0, 0.05) is 32.3 Å². The third-order valence-electron chi connectivity index (χ3n) is 24.8. The van der Waals surface area contributed by atoms with Crippen molar-refractivity contribution in [2.45, 2.75) is 0 Å². The van der Waals surface area contributed by atoms with Gasteiger partial charge in [-0.2, -0.15) is 0 Å². The van der Waals surface area contributed by atoms with Crippen molar-refractivity contribution in [2.75, 3.05) is 0 Å². The van der Waals surface area contributed by atoms with Crippen molar-refractivity contribution in [2.24, 2.45) is 0 Å². The molecule has 690 valence electrons. The van der Waals surface area contributed by atoms with E-state index in [1.165, 1.54) is 0 Å². The van der Waals surface area contributed by atoms with Gasteiger partial charge >= 0.3 is 0 Å². The smallest absolute Gasteiger partial charge is 0.136 e. The molecular formula is C146H88O3. The van der Waals surface area contributed by atoms with Crippen molar-refractivity contribution in [3.63, 3.8) is 0 Å². The lowest BCUT2D eigenvalue weighted by Gasteiger charge is -2.18. The number of hydrogen-bond acceptors (Lipinski definition) is 3. The van der Waals surface area contributed by atoms with Gasteiger partial charge in [0.1, 0.15) is 33.5 Å². The molecule has 32 aromatic rings. The molecule has 3 aromatic heterocycles. The quantitative estimate of drug-likeness (QED) is 0.107. The van der Waals surface area contributed by atoms with E-state index in [1.54, 1.807) is 0 Å². The minimum atomic E-state index is -1.15. The molecule has 149 heavy (non-hydrogen) atoms. The first-order valence-electron chi connectivity index (χ1n) is 88.2. The zero-order valence-electron chi connectivity index (χ0n) is 162. The summed E-state index contributed by atoms with van der Waals surface area (Å²) in [5.74, 6) is 0. The summed E-state index contributed by atoms with van der Waals surface area (Å²) in [5.41, 5.74) is -18.1. The molecule has 0 spiro atoms. The van der Waals surface area contributed by atoms with E-state index in [0.717, 1.165) is 0 Å². The second kappa shape index (κ2) is 34.6. The minimum Gasteiger partial charge on any atom is -0.456 e. The van der Waals surface area contributed by atoms with Gasteiger partial charge in [-0.25, -0.2) is 0 Å². The Kier molecular flexibility index (Phi) is 8.17. The number of hydrogen-bond donors (Lipinski definition) is 0. The molecule has 3 nitrogen and oxygen atoms in total. The first-order chi connectivity index (χ1) is 111. The second-order valence-corrected chi connectivity index (χ2v) is 32.8. The van der Waals surface area contributed by atoms with E-state index < -0.39 is 849 Å². The molecule has 3 heterocycles. The minimum absolute atomic E-state index is 0.401. The summed E-state index contributed by atoms with van der Waals surface area (Å²) in [7, 11) is 0. The van der Waals surface area contributed by atoms with Gasteiger partial charge in [0.05, 0.1) is 121 Å². The molecule has 0 saturated carbocycles. The van der Waals surface area contributed by atoms with Gasteiger partial charge in [0.2, 0.25) is 0 Å². The summed E-state index contributed by atoms with van der Waals surface area (Å²) in [6.45, 7) is 0. The van der Waals surface area contributed by atoms with E-state index in [9.17, 15) is 48.0 Å². The normalized spacial score (nSPS) is 20.2. The van der Waals surface area contributed by atoms with Crippen molar-refractivity contribution in [3.05, 3.63) is 532 Å². The maximum Gasteiger partial charge on any atom is 0.136 e. The third-order valence-corrected chi connectivity index (χ3v) is 24.8. The van der Waals surface area contributed by atoms with Gasteiger partial charge in [-0.05, 0) is 317 Å². The van der Waals surface area contributed by atoms with E-state index in [0.29, 0.717) is 0 Å². The number of fused-ring (bicyclic) bond motifs is 28. The van der Waals surface area contributed by atoms with E-state index in [-0.39, 0.29) is 0 Å². The first-order valence-corrected chi connectivity index (χ1v) is 44.2. The molecule has 0 bridgehead atoms. The molecule has 3 heteroatoms. The standard InChI is InChI=1S/2C50H30O.C46H28O/c1-4-14-37-31(11-1)25-28-47-50(37)45-30-35(26-27-46(45)51-47)49-42-19-9-7-17-40(42)48(41-18-8-10-20-43(41)49)33-23-21-32(22-24-33)44-29-34-12-2-3-13-36(34)38-15-5-6-16-39(38)44;1-3-13-37-31(10-1)20-23-34-12-9-19-38(47(34)37)33-21-24-35(25-22-33)48-40-15-5-7-17-42(40)49(43-18-8-6-16-41(43)48)36-27-28-45-44(30-36)50-39-14-4-2-11-32(39)26-29-46(50)51-45;1-2-11-33-27-34(22-19-29(33)9-1)30-17-20-32(21-18-30)44-37-13-5-7-15-39(37)45(40-16-8-6-14-38(40)44)35-24-25-42-41(28-35)46-36-12-4-3-10-31(36)23-26-43(46)47-42/h2*1-30H;1-28H/i2*1D,2D,3D,4D,5D,6D,7D,8D,9D,10D,11D,12D,13D,14D,15D,16D,17D,18D,19D,20D,21D,22D,23D,24D,25D,26D,27D,28D,29D,30D;1D,2D,3D,4D,5D,6D,7D,8D,9D,10D,11D,12D,13D,14D,15D,16D,17D,18D,19D,20D,21D,22D,23D,24D,25D,26D,27D,28D. The van der Waals surface area contributed by atoms with Crippen LogP contribution in [0.2, 0.25) is 0 Å². The zero-order valence-corrected chi connectivity index (χ0v) is 74.2. The number of rotatable bonds is 9. The van der Waals surface area contributed by atoms with Gasteiger partial charge in [-0.1, -0.05) is 465 Å². The Bertz CT molecular complexity index is 16300. The van der Waals surface area contributed by atoms with Crippen molar-refractivity contribution in [1.29, 1.82) is 0 Å². The molecule has 0 radical (unpaired) electrons. The van der Waals surface area contributed by atoms with Crippen molar-refractivity contribution < 1.29 is 134 Å². The lowest BCUT2D eigenvalue weighted by molar-refractivity contribution is 0.669. The van der Waals surface area contributed by atoms with Crippen LogP contribution in [0.1, 0.15) is 121 Å². The summed E-state index contributed by atoms with van der Waals surface area (Å²) >= 11 is 0. The fourth-order valence-electron chi connectivity index (χ4n) is 18.5. The third kappa shape index (κ3) is 14.0. The highest BCUT2D eigenvalue weighted by atomic mass is 16.3. The summed E-state index contributed by atoms with van der Waals surface area (Å²) in [4.78, 5) is 0. The first kappa shape index (κ1) is 35.1. The SMILES string of the molecule is [2H]c1c([2H])c(-c2c([2H])c([2H])c([2H])c3c([2H])c([2H])c4c([2H])c([2H])c([2H])c([2H])c4c23)c([2H])c([2H])c1-c1c2c([2H])c([2H])c([2H])c([2H])c2c(-c2c([2H])c([2H])c3oc4c([2H])c([2H])c5c([2H])c([2H])c([2H])c([2H])c5c4c3c2[2H])c2c([2H])c([2H])c([2H])c([2H])c12.[2H]c1c([2H])c(-c2c([2H])c3c([2H])c([2H])c([2H])c([2H])c3c3c([2H])c([2H])c([2H])c([2H])c23)c([2H])c([2H])c1-c1c2c([2H])c([2H])c([2H])c([2H])c2c(-c2c([2H])c([2H])c3oc4c([2H])c([2H])c5c([2H])c([2H])c([2H])c([2H])c5c4c3c2[2H])c2c([2H])c([2H])c([2H])c([2H])c12.[2H]c1c([2H])c(-c2c3c([2H])c([2H])c([2H])c([2H])c3c(-c3c([2H])c([2H])c4oc5c([2H])c([2H])c6c([2H])c([2H])c([2H])c([2H])c6c5c4c3[2H])c3c([2H])c([2H])c([2H])c([2H])c23)c([2H])c([2H])c1-c1c([2H])c([2H])c2c([2H])c([2H])c([2H])c([2H])c2c1[2H]. The predicted octanol–water partition coefficient (Wildman–Crippen LogP) is 41.9. The molecule has 0 amide bonds. The van der Waals surface area contributed by atoms with Crippen LogP contribution in [-0.4, -0.2) is 0 Å². The molecule has 0 aliphatic rings. The lowest BCUT2D eigenvalue weighted by atomic mass is 9.85. The molecule has 32 rings (SSSR count). The van der Waals surface area contributed by atoms with Gasteiger partial charge in [-0.15, -0.1) is 0 Å². The van der Waals surface area contributed by atoms with Gasteiger partial charge in [0.25, 0.3) is 0 Å². The molecule has 0 atom stereocenters. The summed E-state index contributed by atoms with van der Waals surface area (Å²) in [5, 5.41) is -20.8. The van der Waals surface area contributed by atoms with Gasteiger partial charge < -0.3 is 13.3 Å². The monoisotopic (exact) mass is 1980 g/mol. The van der Waals surface area contributed by atoms with Crippen LogP contribution < -0.4 is 0 Å². The van der Waals surface area contributed by atoms with Crippen LogP contribution in [0.5, 0.6) is 0 Å². The average molecular weight is 1980 g/mol. The van der Waals surface area contributed by atoms with Crippen LogP contribution >= 0.6 is 0 Å². The topological polar surface area (TPSA) is 39.4 Å². The van der Waals surface area contributed by atoms with E-state index in [1.807, 2.05) is 0 Å². The van der Waals surface area contributed by atoms with Gasteiger partial charge in [-0.3, -0.25) is 0 Å². The fourth-order valence-corrected chi connectivity index (χ4v) is 18.5. The van der Waals surface area contributed by atoms with E-state index in [4.69, 9.17) is 85.9 Å². The summed E-state index contributed by atoms with van der Waals surface area (Å²) in [6, 6.07) is -81.8. The second-order valence-electron chi connectivity index (χ2n) is 32.8. The highest BCUT2D eigenvalue weighted by Crippen LogP contribution is 2.53. The van der Waals surface area contributed by atoms with Gasteiger partial charge in [0.15, 0.2) is 0 Å². The molecule has 0 unspecified atom stereocenters. The lowest BCUT2D eigenvalue weighted by Crippen LogP contribution is -1.91. The van der Waals surface area contributed by atoms with Crippen LogP contribution in [-0.2, 0) is 0 Å². The van der Waals surface area contributed by atoms with Crippen molar-refractivity contribution in [3.8, 4) is 100 Å². The number of furan rings is 3. The van der Waals surface area contributed by atoms with Crippen LogP contribution in [0.15, 0.2) is 545 Å². The Morgan fingerprint density at radius 2 is 0.342 bits per heavy atom. The highest BCUT2D eigenvalue weighted by molar-refractivity contribution is 6.30. The predicted molar refractivity (Wildman–Crippen MR) is 635 cm³/mol. The maximum absolute atomic E-state index is 9.93. The van der Waals surface area contributed by atoms with Crippen LogP contribution in [0.4, 0.5) is 0 Å². The number of benzene rings is 29. The van der Waals surface area contributed by atoms with E-state index >= 15 is 0 Å².